The lowest BCUT2D eigenvalue weighted by Crippen LogP contribution is -2.47. The first-order valence-electron chi connectivity index (χ1n) is 11.7. The molecule has 0 aromatic heterocycles. The van der Waals surface area contributed by atoms with Gasteiger partial charge in [-0.05, 0) is 60.8 Å². The lowest BCUT2D eigenvalue weighted by Gasteiger charge is -2.28. The van der Waals surface area contributed by atoms with Crippen LogP contribution >= 0.6 is 0 Å². The van der Waals surface area contributed by atoms with Crippen LogP contribution in [0, 0.1) is 0 Å². The monoisotopic (exact) mass is 532 g/mol. The number of phenolic OH excluding ortho intramolecular Hbond substituents is 1. The predicted octanol–water partition coefficient (Wildman–Crippen LogP) is 1.85. The van der Waals surface area contributed by atoms with E-state index < -0.39 is 50.6 Å². The van der Waals surface area contributed by atoms with Crippen LogP contribution in [0.3, 0.4) is 0 Å². The summed E-state index contributed by atoms with van der Waals surface area (Å²) in [5.74, 6) is -1.24. The number of carbonyl (C=O) groups excluding carboxylic acids is 2. The second kappa shape index (κ2) is 14.3. The topological polar surface area (TPSA) is 156 Å². The third-order valence-corrected chi connectivity index (χ3v) is 5.99. The number of benzene rings is 1. The van der Waals surface area contributed by atoms with Crippen LogP contribution in [-0.2, 0) is 29.0 Å². The van der Waals surface area contributed by atoms with E-state index >= 15 is 0 Å². The molecule has 1 atom stereocenters. The van der Waals surface area contributed by atoms with Gasteiger partial charge >= 0.3 is 12.0 Å². The van der Waals surface area contributed by atoms with Crippen molar-refractivity contribution in [3.8, 4) is 5.75 Å². The van der Waals surface area contributed by atoms with Crippen molar-refractivity contribution in [3.05, 3.63) is 18.2 Å². The number of anilines is 1. The molecule has 0 aliphatic heterocycles. The Morgan fingerprint density at radius 1 is 1.11 bits per heavy atom. The molecule has 206 valence electrons. The van der Waals surface area contributed by atoms with Crippen LogP contribution in [0.25, 0.3) is 0 Å². The van der Waals surface area contributed by atoms with Crippen LogP contribution in [0.15, 0.2) is 23.1 Å². The smallest absolute Gasteiger partial charge is 0.319 e. The first-order chi connectivity index (χ1) is 16.7. The number of aromatic hydroxyl groups is 1. The molecule has 0 fully saturated rings. The fraction of sp³-hybridized carbons (Fsp3) is 0.652. The van der Waals surface area contributed by atoms with Gasteiger partial charge in [-0.3, -0.25) is 4.79 Å². The molecule has 0 spiro atoms. The molecule has 4 N–H and O–H groups in total. The van der Waals surface area contributed by atoms with Gasteiger partial charge in [0.15, 0.2) is 6.29 Å². The molecule has 0 aliphatic carbocycles. The van der Waals surface area contributed by atoms with Crippen molar-refractivity contribution in [1.82, 2.24) is 14.9 Å². The van der Waals surface area contributed by atoms with Gasteiger partial charge in [-0.25, -0.2) is 17.9 Å². The average molecular weight is 533 g/mol. The number of hydrogen-bond donors (Lipinski definition) is 4. The summed E-state index contributed by atoms with van der Waals surface area (Å²) in [5.41, 5.74) is -0.576. The van der Waals surface area contributed by atoms with Crippen molar-refractivity contribution < 1.29 is 37.3 Å². The molecule has 0 bridgehead atoms. The van der Waals surface area contributed by atoms with Gasteiger partial charge in [0.1, 0.15) is 16.2 Å². The van der Waals surface area contributed by atoms with Crippen molar-refractivity contribution in [2.24, 2.45) is 0 Å². The Kier molecular flexibility index (Phi) is 12.6. The highest BCUT2D eigenvalue weighted by Crippen LogP contribution is 2.27. The first kappa shape index (κ1) is 31.6. The number of rotatable bonds is 14. The molecule has 0 radical (unpaired) electrons. The standard InChI is InChI=1S/C23H40N4O8S/c1-8-33-21(34-9-2)17(15-20(29)35-23(3,4)5)26-36(31,32)19-11-10-16(14-18(19)28)25-22(30)24-12-13-27(6)7/h10-11,14,17,21,26,28H,8-9,12-13,15H2,1-7H3,(H2,24,25,30). The highest BCUT2D eigenvalue weighted by Gasteiger charge is 2.33. The van der Waals surface area contributed by atoms with E-state index in [9.17, 15) is 23.1 Å². The summed E-state index contributed by atoms with van der Waals surface area (Å²) in [6.45, 7) is 9.96. The Bertz CT molecular complexity index is 957. The van der Waals surface area contributed by atoms with Crippen molar-refractivity contribution >= 4 is 27.7 Å². The van der Waals surface area contributed by atoms with Crippen LogP contribution in [0.1, 0.15) is 41.0 Å². The van der Waals surface area contributed by atoms with Gasteiger partial charge in [0.25, 0.3) is 0 Å². The van der Waals surface area contributed by atoms with E-state index in [1.54, 1.807) is 34.6 Å². The van der Waals surface area contributed by atoms with Gasteiger partial charge in [-0.2, -0.15) is 0 Å². The van der Waals surface area contributed by atoms with Crippen LogP contribution < -0.4 is 15.4 Å². The summed E-state index contributed by atoms with van der Waals surface area (Å²) >= 11 is 0. The maximum absolute atomic E-state index is 13.1. The van der Waals surface area contributed by atoms with Gasteiger partial charge < -0.3 is 34.9 Å². The molecule has 0 heterocycles. The summed E-state index contributed by atoms with van der Waals surface area (Å²) in [5, 5.41) is 15.6. The van der Waals surface area contributed by atoms with E-state index in [1.807, 2.05) is 19.0 Å². The molecule has 36 heavy (non-hydrogen) atoms. The molecular formula is C23H40N4O8S. The van der Waals surface area contributed by atoms with Crippen molar-refractivity contribution in [3.63, 3.8) is 0 Å². The van der Waals surface area contributed by atoms with Crippen LogP contribution in [0.5, 0.6) is 5.75 Å². The number of sulfonamides is 1. The summed E-state index contributed by atoms with van der Waals surface area (Å²) < 4.78 is 45.0. The molecule has 13 heteroatoms. The van der Waals surface area contributed by atoms with Crippen molar-refractivity contribution in [1.29, 1.82) is 0 Å². The van der Waals surface area contributed by atoms with Crippen LogP contribution in [0.4, 0.5) is 10.5 Å². The Morgan fingerprint density at radius 3 is 2.22 bits per heavy atom. The number of likely N-dealkylation sites (N-methyl/N-ethyl adjacent to an activating group) is 1. The summed E-state index contributed by atoms with van der Waals surface area (Å²) in [4.78, 5) is 25.9. The van der Waals surface area contributed by atoms with E-state index in [-0.39, 0.29) is 25.3 Å². The van der Waals surface area contributed by atoms with Gasteiger partial charge in [-0.15, -0.1) is 0 Å². The van der Waals surface area contributed by atoms with Gasteiger partial charge in [-0.1, -0.05) is 0 Å². The number of urea groups is 1. The number of amides is 2. The largest absolute Gasteiger partial charge is 0.506 e. The molecule has 2 amide bonds. The third-order valence-electron chi connectivity index (χ3n) is 4.45. The Hall–Kier alpha value is -2.45. The van der Waals surface area contributed by atoms with Gasteiger partial charge in [0, 0.05) is 38.1 Å². The minimum absolute atomic E-state index is 0.195. The highest BCUT2D eigenvalue weighted by molar-refractivity contribution is 7.89. The SMILES string of the molecule is CCOC(OCC)C(CC(=O)OC(C)(C)C)NS(=O)(=O)c1ccc(NC(=O)NCCN(C)C)cc1O. The zero-order valence-corrected chi connectivity index (χ0v) is 22.9. The molecule has 1 aromatic rings. The Balaban J connectivity index is 3.08. The fourth-order valence-corrected chi connectivity index (χ4v) is 4.32. The average Bonchev–Trinajstić information content (AvgIpc) is 2.71. The third kappa shape index (κ3) is 11.5. The normalized spacial score (nSPS) is 13.0. The minimum Gasteiger partial charge on any atom is -0.506 e. The van der Waals surface area contributed by atoms with E-state index in [0.717, 1.165) is 12.1 Å². The molecule has 0 saturated carbocycles. The molecule has 1 unspecified atom stereocenters. The van der Waals surface area contributed by atoms with Crippen LogP contribution in [-0.4, -0.2) is 88.8 Å². The number of esters is 1. The zero-order valence-electron chi connectivity index (χ0n) is 22.1. The van der Waals surface area contributed by atoms with E-state index in [4.69, 9.17) is 14.2 Å². The Labute approximate surface area is 213 Å². The van der Waals surface area contributed by atoms with Gasteiger partial charge in [0.2, 0.25) is 10.0 Å². The van der Waals surface area contributed by atoms with E-state index in [0.29, 0.717) is 13.1 Å². The maximum Gasteiger partial charge on any atom is 0.319 e. The number of nitrogens with one attached hydrogen (secondary N) is 3. The minimum atomic E-state index is -4.33. The lowest BCUT2D eigenvalue weighted by molar-refractivity contribution is -0.169. The summed E-state index contributed by atoms with van der Waals surface area (Å²) in [7, 11) is -0.594. The molecule has 1 rings (SSSR count). The highest BCUT2D eigenvalue weighted by atomic mass is 32.2. The summed E-state index contributed by atoms with van der Waals surface area (Å²) in [6.07, 6.45) is -1.44. The van der Waals surface area contributed by atoms with E-state index in [2.05, 4.69) is 15.4 Å². The quantitative estimate of drug-likeness (QED) is 0.207. The second-order valence-electron chi connectivity index (χ2n) is 9.16. The maximum atomic E-state index is 13.1. The van der Waals surface area contributed by atoms with Crippen LogP contribution in [0.2, 0.25) is 0 Å². The number of nitrogens with zero attached hydrogens (tertiary/aromatic N) is 1. The van der Waals surface area contributed by atoms with Crippen molar-refractivity contribution in [2.45, 2.75) is 63.9 Å². The number of hydrogen-bond acceptors (Lipinski definition) is 9. The number of carbonyl (C=O) groups is 2. The summed E-state index contributed by atoms with van der Waals surface area (Å²) in [6, 6.07) is 1.97. The lowest BCUT2D eigenvalue weighted by atomic mass is 10.1. The van der Waals surface area contributed by atoms with Gasteiger partial charge in [0.05, 0.1) is 12.5 Å². The number of phenols is 1. The fourth-order valence-electron chi connectivity index (χ4n) is 3.02. The molecule has 12 nitrogen and oxygen atoms in total. The molecule has 0 aliphatic rings. The molecule has 0 saturated heterocycles. The second-order valence-corrected chi connectivity index (χ2v) is 10.8. The first-order valence-corrected chi connectivity index (χ1v) is 13.2. The molecular weight excluding hydrogens is 492 g/mol. The zero-order chi connectivity index (χ0) is 27.5. The predicted molar refractivity (Wildman–Crippen MR) is 135 cm³/mol. The molecule has 1 aromatic carbocycles. The Morgan fingerprint density at radius 2 is 1.72 bits per heavy atom. The number of ether oxygens (including phenoxy) is 3. The van der Waals surface area contributed by atoms with Crippen molar-refractivity contribution in [2.75, 3.05) is 45.7 Å². The van der Waals surface area contributed by atoms with E-state index in [1.165, 1.54) is 6.07 Å².